The Morgan fingerprint density at radius 2 is 2.08 bits per heavy atom. The molecule has 4 rings (SSSR count). The molecule has 1 amide bonds. The van der Waals surface area contributed by atoms with Crippen molar-refractivity contribution in [3.8, 4) is 11.3 Å². The molecule has 0 bridgehead atoms. The molecular weight excluding hydrogens is 356 g/mol. The molecule has 0 aliphatic heterocycles. The number of thiazole rings is 1. The first-order valence-electron chi connectivity index (χ1n) is 7.58. The minimum Gasteiger partial charge on any atom is -0.358 e. The first kappa shape index (κ1) is 15.8. The number of H-pyrrole nitrogens is 1. The molecule has 2 N–H and O–H groups in total. The third kappa shape index (κ3) is 3.01. The number of nitrogens with one attached hydrogen (secondary N) is 2. The smallest absolute Gasteiger partial charge is 0.259 e. The number of fused-ring (bicyclic) bond motifs is 1. The van der Waals surface area contributed by atoms with Gasteiger partial charge in [-0.05, 0) is 25.1 Å². The van der Waals surface area contributed by atoms with Crippen molar-refractivity contribution < 1.29 is 4.79 Å². The van der Waals surface area contributed by atoms with E-state index in [9.17, 15) is 4.79 Å². The Balaban J connectivity index is 1.63. The van der Waals surface area contributed by atoms with Crippen LogP contribution in [-0.4, -0.2) is 20.9 Å². The van der Waals surface area contributed by atoms with Crippen molar-refractivity contribution in [2.24, 2.45) is 0 Å². The standard InChI is InChI=1S/C18H13ClN4OS/c1-10-16(12-4-2-3-5-13(12)21-10)14-9-25-18(22-14)23-17(24)11-6-7-15(19)20-8-11/h2-9,21H,1H3,(H,22,23,24). The molecule has 3 aromatic heterocycles. The van der Waals surface area contributed by atoms with Gasteiger partial charge in [-0.3, -0.25) is 10.1 Å². The number of halogens is 1. The number of carbonyl (C=O) groups is 1. The highest BCUT2D eigenvalue weighted by molar-refractivity contribution is 7.14. The summed E-state index contributed by atoms with van der Waals surface area (Å²) in [4.78, 5) is 24.1. The number of aromatic amines is 1. The van der Waals surface area contributed by atoms with Gasteiger partial charge in [0, 0.05) is 33.7 Å². The van der Waals surface area contributed by atoms with Crippen LogP contribution in [0.3, 0.4) is 0 Å². The second kappa shape index (κ2) is 6.31. The van der Waals surface area contributed by atoms with E-state index in [4.69, 9.17) is 11.6 Å². The largest absolute Gasteiger partial charge is 0.358 e. The highest BCUT2D eigenvalue weighted by atomic mass is 35.5. The third-order valence-electron chi connectivity index (χ3n) is 3.86. The van der Waals surface area contributed by atoms with E-state index in [-0.39, 0.29) is 5.91 Å². The third-order valence-corrected chi connectivity index (χ3v) is 4.85. The maximum atomic E-state index is 12.3. The van der Waals surface area contributed by atoms with Gasteiger partial charge in [-0.25, -0.2) is 9.97 Å². The van der Waals surface area contributed by atoms with E-state index in [2.05, 4.69) is 26.3 Å². The van der Waals surface area contributed by atoms with Crippen molar-refractivity contribution >= 4 is 44.9 Å². The van der Waals surface area contributed by atoms with E-state index in [1.165, 1.54) is 17.5 Å². The fourth-order valence-electron chi connectivity index (χ4n) is 2.73. The van der Waals surface area contributed by atoms with Crippen LogP contribution in [0.5, 0.6) is 0 Å². The molecule has 25 heavy (non-hydrogen) atoms. The average Bonchev–Trinajstić information content (AvgIpc) is 3.18. The van der Waals surface area contributed by atoms with Crippen LogP contribution in [-0.2, 0) is 0 Å². The molecule has 1 aromatic carbocycles. The molecule has 0 spiro atoms. The minimum atomic E-state index is -0.263. The highest BCUT2D eigenvalue weighted by Gasteiger charge is 2.15. The number of rotatable bonds is 3. The number of anilines is 1. The Bertz CT molecular complexity index is 1070. The normalized spacial score (nSPS) is 11.0. The average molecular weight is 369 g/mol. The van der Waals surface area contributed by atoms with Gasteiger partial charge < -0.3 is 4.98 Å². The summed E-state index contributed by atoms with van der Waals surface area (Å²) in [6.45, 7) is 2.02. The number of pyridine rings is 1. The molecule has 0 aliphatic carbocycles. The van der Waals surface area contributed by atoms with Crippen molar-refractivity contribution in [1.29, 1.82) is 0 Å². The first-order chi connectivity index (χ1) is 12.1. The second-order valence-corrected chi connectivity index (χ2v) is 6.78. The second-order valence-electron chi connectivity index (χ2n) is 5.53. The number of amides is 1. The molecule has 0 atom stereocenters. The zero-order chi connectivity index (χ0) is 17.4. The lowest BCUT2D eigenvalue weighted by atomic mass is 10.1. The number of para-hydroxylation sites is 1. The molecule has 3 heterocycles. The zero-order valence-electron chi connectivity index (χ0n) is 13.2. The summed E-state index contributed by atoms with van der Waals surface area (Å²) >= 11 is 7.13. The molecule has 0 saturated heterocycles. The van der Waals surface area contributed by atoms with Gasteiger partial charge in [0.05, 0.1) is 11.3 Å². The SMILES string of the molecule is Cc1[nH]c2ccccc2c1-c1csc(NC(=O)c2ccc(Cl)nc2)n1. The number of carbonyl (C=O) groups excluding carboxylic acids is 1. The Morgan fingerprint density at radius 1 is 1.24 bits per heavy atom. The monoisotopic (exact) mass is 368 g/mol. The number of aryl methyl sites for hydroxylation is 1. The Labute approximate surface area is 152 Å². The van der Waals surface area contributed by atoms with Crippen LogP contribution in [0.25, 0.3) is 22.2 Å². The van der Waals surface area contributed by atoms with Crippen LogP contribution in [0.1, 0.15) is 16.1 Å². The summed E-state index contributed by atoms with van der Waals surface area (Å²) in [5.74, 6) is -0.263. The summed E-state index contributed by atoms with van der Waals surface area (Å²) in [7, 11) is 0. The topological polar surface area (TPSA) is 70.7 Å². The predicted octanol–water partition coefficient (Wildman–Crippen LogP) is 4.90. The summed E-state index contributed by atoms with van der Waals surface area (Å²) in [6, 6.07) is 11.3. The zero-order valence-corrected chi connectivity index (χ0v) is 14.8. The summed E-state index contributed by atoms with van der Waals surface area (Å²) in [6.07, 6.45) is 1.44. The molecule has 0 aliphatic rings. The fraction of sp³-hybridized carbons (Fsp3) is 0.0556. The van der Waals surface area contributed by atoms with Crippen LogP contribution in [0, 0.1) is 6.92 Å². The summed E-state index contributed by atoms with van der Waals surface area (Å²) < 4.78 is 0. The minimum absolute atomic E-state index is 0.263. The van der Waals surface area contributed by atoms with E-state index < -0.39 is 0 Å². The van der Waals surface area contributed by atoms with Gasteiger partial charge in [-0.2, -0.15) is 0 Å². The maximum Gasteiger partial charge on any atom is 0.259 e. The fourth-order valence-corrected chi connectivity index (χ4v) is 3.54. The molecule has 0 fully saturated rings. The predicted molar refractivity (Wildman–Crippen MR) is 101 cm³/mol. The molecule has 124 valence electrons. The Kier molecular flexibility index (Phi) is 3.99. The quantitative estimate of drug-likeness (QED) is 0.505. The molecule has 7 heteroatoms. The summed E-state index contributed by atoms with van der Waals surface area (Å²) in [5, 5.41) is 6.75. The molecule has 0 radical (unpaired) electrons. The van der Waals surface area contributed by atoms with Crippen LogP contribution in [0.2, 0.25) is 5.15 Å². The van der Waals surface area contributed by atoms with Gasteiger partial charge >= 0.3 is 0 Å². The molecule has 4 aromatic rings. The van der Waals surface area contributed by atoms with Crippen LogP contribution in [0.4, 0.5) is 5.13 Å². The Hall–Kier alpha value is -2.70. The lowest BCUT2D eigenvalue weighted by molar-refractivity contribution is 0.102. The van der Waals surface area contributed by atoms with Crippen molar-refractivity contribution in [2.75, 3.05) is 5.32 Å². The van der Waals surface area contributed by atoms with Gasteiger partial charge in [0.2, 0.25) is 0 Å². The van der Waals surface area contributed by atoms with Gasteiger partial charge in [0.15, 0.2) is 5.13 Å². The summed E-state index contributed by atoms with van der Waals surface area (Å²) in [5.41, 5.74) is 4.45. The van der Waals surface area contributed by atoms with Crippen molar-refractivity contribution in [3.63, 3.8) is 0 Å². The van der Waals surface area contributed by atoms with Gasteiger partial charge in [0.1, 0.15) is 5.15 Å². The number of nitrogens with zero attached hydrogens (tertiary/aromatic N) is 2. The van der Waals surface area contributed by atoms with Gasteiger partial charge in [-0.15, -0.1) is 11.3 Å². The number of benzene rings is 1. The Morgan fingerprint density at radius 3 is 2.88 bits per heavy atom. The molecule has 0 unspecified atom stereocenters. The van der Waals surface area contributed by atoms with E-state index >= 15 is 0 Å². The lowest BCUT2D eigenvalue weighted by Gasteiger charge is -2.01. The van der Waals surface area contributed by atoms with Crippen LogP contribution < -0.4 is 5.32 Å². The maximum absolute atomic E-state index is 12.3. The molecular formula is C18H13ClN4OS. The van der Waals surface area contributed by atoms with E-state index in [0.717, 1.165) is 27.9 Å². The van der Waals surface area contributed by atoms with E-state index in [0.29, 0.717) is 15.8 Å². The number of hydrogen-bond donors (Lipinski definition) is 2. The highest BCUT2D eigenvalue weighted by Crippen LogP contribution is 2.33. The van der Waals surface area contributed by atoms with E-state index in [1.807, 2.05) is 30.5 Å². The lowest BCUT2D eigenvalue weighted by Crippen LogP contribution is -2.11. The van der Waals surface area contributed by atoms with Gasteiger partial charge in [0.25, 0.3) is 5.91 Å². The molecule has 5 nitrogen and oxygen atoms in total. The van der Waals surface area contributed by atoms with E-state index in [1.54, 1.807) is 12.1 Å². The van der Waals surface area contributed by atoms with Crippen LogP contribution >= 0.6 is 22.9 Å². The van der Waals surface area contributed by atoms with Crippen molar-refractivity contribution in [3.05, 3.63) is 64.4 Å². The number of aromatic nitrogens is 3. The van der Waals surface area contributed by atoms with Crippen molar-refractivity contribution in [2.45, 2.75) is 6.92 Å². The first-order valence-corrected chi connectivity index (χ1v) is 8.83. The van der Waals surface area contributed by atoms with Crippen LogP contribution in [0.15, 0.2) is 48.0 Å². The van der Waals surface area contributed by atoms with Gasteiger partial charge in [-0.1, -0.05) is 29.8 Å². The molecule has 0 saturated carbocycles. The van der Waals surface area contributed by atoms with Crippen molar-refractivity contribution in [1.82, 2.24) is 15.0 Å². The number of hydrogen-bond acceptors (Lipinski definition) is 4.